The summed E-state index contributed by atoms with van der Waals surface area (Å²) in [6.45, 7) is 1.86. The molecule has 0 spiro atoms. The lowest BCUT2D eigenvalue weighted by molar-refractivity contribution is -0.116. The molecule has 0 fully saturated rings. The fourth-order valence-electron chi connectivity index (χ4n) is 2.32. The number of carbonyl (C=O) groups is 2. The molecule has 0 aliphatic carbocycles. The van der Waals surface area contributed by atoms with Crippen LogP contribution in [0.5, 0.6) is 0 Å². The maximum absolute atomic E-state index is 12.1. The van der Waals surface area contributed by atoms with Gasteiger partial charge in [-0.1, -0.05) is 23.7 Å². The Morgan fingerprint density at radius 3 is 2.91 bits per heavy atom. The van der Waals surface area contributed by atoms with Gasteiger partial charge in [0.25, 0.3) is 0 Å². The van der Waals surface area contributed by atoms with Crippen molar-refractivity contribution in [2.24, 2.45) is 0 Å². The molecule has 0 bridgehead atoms. The number of halogens is 1. The number of anilines is 2. The molecule has 3 rings (SSSR count). The van der Waals surface area contributed by atoms with Gasteiger partial charge in [-0.05, 0) is 42.8 Å². The van der Waals surface area contributed by atoms with E-state index in [2.05, 4.69) is 10.6 Å². The van der Waals surface area contributed by atoms with Crippen molar-refractivity contribution in [2.75, 3.05) is 10.6 Å². The van der Waals surface area contributed by atoms with Crippen LogP contribution in [0.3, 0.4) is 0 Å². The van der Waals surface area contributed by atoms with Crippen molar-refractivity contribution in [1.82, 2.24) is 0 Å². The molecule has 0 saturated heterocycles. The zero-order valence-corrected chi connectivity index (χ0v) is 14.0. The van der Waals surface area contributed by atoms with Crippen molar-refractivity contribution in [2.45, 2.75) is 23.5 Å². The third kappa shape index (κ3) is 3.86. The zero-order chi connectivity index (χ0) is 16.4. The monoisotopic (exact) mass is 346 g/mol. The highest BCUT2D eigenvalue weighted by Gasteiger charge is 2.23. The molecule has 1 aliphatic rings. The third-order valence-electron chi connectivity index (χ3n) is 3.45. The first-order valence-electron chi connectivity index (χ1n) is 7.17. The molecule has 2 aromatic rings. The molecule has 1 aliphatic heterocycles. The van der Waals surface area contributed by atoms with Crippen LogP contribution in [0, 0.1) is 0 Å². The van der Waals surface area contributed by atoms with Gasteiger partial charge in [-0.25, -0.2) is 0 Å². The summed E-state index contributed by atoms with van der Waals surface area (Å²) in [5.41, 5.74) is 2.25. The second-order valence-electron chi connectivity index (χ2n) is 5.32. The smallest absolute Gasteiger partial charge is 0.237 e. The molecule has 2 aromatic carbocycles. The highest BCUT2D eigenvalue weighted by molar-refractivity contribution is 8.00. The van der Waals surface area contributed by atoms with E-state index in [-0.39, 0.29) is 23.5 Å². The summed E-state index contributed by atoms with van der Waals surface area (Å²) in [6, 6.07) is 12.7. The summed E-state index contributed by atoms with van der Waals surface area (Å²) in [4.78, 5) is 24.9. The van der Waals surface area contributed by atoms with E-state index in [0.717, 1.165) is 16.1 Å². The number of amides is 2. The predicted molar refractivity (Wildman–Crippen MR) is 94.2 cm³/mol. The Balaban J connectivity index is 1.70. The van der Waals surface area contributed by atoms with E-state index >= 15 is 0 Å². The first-order chi connectivity index (χ1) is 11.0. The molecule has 1 heterocycles. The molecule has 0 saturated carbocycles. The number of fused-ring (bicyclic) bond motifs is 1. The lowest BCUT2D eigenvalue weighted by Crippen LogP contribution is -2.26. The average molecular weight is 347 g/mol. The van der Waals surface area contributed by atoms with E-state index in [4.69, 9.17) is 11.6 Å². The van der Waals surface area contributed by atoms with Crippen LogP contribution < -0.4 is 10.6 Å². The minimum Gasteiger partial charge on any atom is -0.326 e. The minimum atomic E-state index is -0.129. The molecule has 1 atom stereocenters. The van der Waals surface area contributed by atoms with Crippen LogP contribution in [-0.2, 0) is 16.0 Å². The van der Waals surface area contributed by atoms with Crippen LogP contribution in [0.4, 0.5) is 11.4 Å². The lowest BCUT2D eigenvalue weighted by atomic mass is 10.1. The Bertz CT molecular complexity index is 779. The van der Waals surface area contributed by atoms with Crippen LogP contribution >= 0.6 is 23.4 Å². The Labute approximate surface area is 143 Å². The summed E-state index contributed by atoms with van der Waals surface area (Å²) in [7, 11) is 0. The Kier molecular flexibility index (Phi) is 4.59. The number of hydrogen-bond acceptors (Lipinski definition) is 3. The van der Waals surface area contributed by atoms with Gasteiger partial charge in [-0.3, -0.25) is 9.59 Å². The summed E-state index contributed by atoms with van der Waals surface area (Å²) in [6.07, 6.45) is 0.246. The lowest BCUT2D eigenvalue weighted by Gasteiger charge is -2.22. The normalized spacial score (nSPS) is 16.4. The third-order valence-corrected chi connectivity index (χ3v) is 4.86. The number of benzene rings is 2. The topological polar surface area (TPSA) is 58.2 Å². The average Bonchev–Trinajstić information content (AvgIpc) is 2.48. The summed E-state index contributed by atoms with van der Waals surface area (Å²) in [5.74, 6) is -0.153. The molecule has 2 N–H and O–H groups in total. The molecule has 0 aromatic heterocycles. The molecule has 23 heavy (non-hydrogen) atoms. The van der Waals surface area contributed by atoms with Crippen molar-refractivity contribution in [1.29, 1.82) is 0 Å². The SMILES string of the molecule is CC1Sc2ccc(NC(=O)Cc3cccc(Cl)c3)cc2NC1=O. The first-order valence-corrected chi connectivity index (χ1v) is 8.43. The van der Waals surface area contributed by atoms with E-state index in [1.807, 2.05) is 31.2 Å². The van der Waals surface area contributed by atoms with E-state index in [9.17, 15) is 9.59 Å². The molecule has 4 nitrogen and oxygen atoms in total. The van der Waals surface area contributed by atoms with Gasteiger partial charge in [-0.15, -0.1) is 11.8 Å². The quantitative estimate of drug-likeness (QED) is 0.884. The maximum Gasteiger partial charge on any atom is 0.237 e. The highest BCUT2D eigenvalue weighted by Crippen LogP contribution is 2.36. The first kappa shape index (κ1) is 15.9. The van der Waals surface area contributed by atoms with Crippen LogP contribution in [0.15, 0.2) is 47.4 Å². The standard InChI is InChI=1S/C17H15ClN2O2S/c1-10-17(22)20-14-9-13(5-6-15(14)23-10)19-16(21)8-11-3-2-4-12(18)7-11/h2-7,9-10H,8H2,1H3,(H,19,21)(H,20,22). The number of thioether (sulfide) groups is 1. The summed E-state index contributed by atoms with van der Waals surface area (Å²) < 4.78 is 0. The largest absolute Gasteiger partial charge is 0.326 e. The molecule has 1 unspecified atom stereocenters. The van der Waals surface area contributed by atoms with Gasteiger partial charge in [0, 0.05) is 15.6 Å². The number of nitrogens with one attached hydrogen (secondary N) is 2. The molecular formula is C17H15ClN2O2S. The molecule has 2 amide bonds. The van der Waals surface area contributed by atoms with Crippen molar-refractivity contribution < 1.29 is 9.59 Å². The minimum absolute atomic E-state index is 0.0232. The van der Waals surface area contributed by atoms with Gasteiger partial charge in [-0.2, -0.15) is 0 Å². The Morgan fingerprint density at radius 2 is 2.13 bits per heavy atom. The Morgan fingerprint density at radius 1 is 1.30 bits per heavy atom. The van der Waals surface area contributed by atoms with Crippen molar-refractivity contribution >= 4 is 46.6 Å². The zero-order valence-electron chi connectivity index (χ0n) is 12.4. The van der Waals surface area contributed by atoms with E-state index in [0.29, 0.717) is 10.7 Å². The fourth-order valence-corrected chi connectivity index (χ4v) is 3.47. The maximum atomic E-state index is 12.1. The molecule has 6 heteroatoms. The number of rotatable bonds is 3. The van der Waals surface area contributed by atoms with Crippen LogP contribution in [0.2, 0.25) is 5.02 Å². The number of hydrogen-bond donors (Lipinski definition) is 2. The molecule has 118 valence electrons. The second-order valence-corrected chi connectivity index (χ2v) is 7.13. The van der Waals surface area contributed by atoms with Gasteiger partial charge >= 0.3 is 0 Å². The second kappa shape index (κ2) is 6.64. The van der Waals surface area contributed by atoms with Gasteiger partial charge in [0.1, 0.15) is 0 Å². The van der Waals surface area contributed by atoms with E-state index in [1.165, 1.54) is 11.8 Å². The van der Waals surface area contributed by atoms with Crippen LogP contribution in [0.25, 0.3) is 0 Å². The molecule has 0 radical (unpaired) electrons. The highest BCUT2D eigenvalue weighted by atomic mass is 35.5. The molecular weight excluding hydrogens is 332 g/mol. The fraction of sp³-hybridized carbons (Fsp3) is 0.176. The van der Waals surface area contributed by atoms with Crippen molar-refractivity contribution in [3.63, 3.8) is 0 Å². The van der Waals surface area contributed by atoms with Crippen molar-refractivity contribution in [3.8, 4) is 0 Å². The van der Waals surface area contributed by atoms with Crippen molar-refractivity contribution in [3.05, 3.63) is 53.1 Å². The van der Waals surface area contributed by atoms with Gasteiger partial charge in [0.05, 0.1) is 17.4 Å². The predicted octanol–water partition coefficient (Wildman–Crippen LogP) is 3.95. The van der Waals surface area contributed by atoms with Gasteiger partial charge < -0.3 is 10.6 Å². The van der Waals surface area contributed by atoms with E-state index in [1.54, 1.807) is 18.2 Å². The summed E-state index contributed by atoms with van der Waals surface area (Å²) in [5, 5.41) is 6.20. The summed E-state index contributed by atoms with van der Waals surface area (Å²) >= 11 is 7.43. The van der Waals surface area contributed by atoms with E-state index < -0.39 is 0 Å². The van der Waals surface area contributed by atoms with Crippen LogP contribution in [-0.4, -0.2) is 17.1 Å². The van der Waals surface area contributed by atoms with Crippen LogP contribution in [0.1, 0.15) is 12.5 Å². The van der Waals surface area contributed by atoms with Gasteiger partial charge in [0.15, 0.2) is 0 Å². The van der Waals surface area contributed by atoms with Gasteiger partial charge in [0.2, 0.25) is 11.8 Å². The Hall–Kier alpha value is -1.98. The number of carbonyl (C=O) groups excluding carboxylic acids is 2.